The largest absolute Gasteiger partial charge is 0.466 e. The number of ether oxygens (including phenoxy) is 1. The molecule has 2 N–H and O–H groups in total. The van der Waals surface area contributed by atoms with E-state index < -0.39 is 0 Å². The second kappa shape index (κ2) is 9.39. The van der Waals surface area contributed by atoms with Crippen LogP contribution in [0.25, 0.3) is 11.0 Å². The number of esters is 1. The molecular formula is C20H29N5O2. The number of likely N-dealkylation sites (tertiary alicyclic amines) is 1. The van der Waals surface area contributed by atoms with Crippen LogP contribution in [-0.2, 0) is 16.0 Å². The van der Waals surface area contributed by atoms with Crippen molar-refractivity contribution in [2.45, 2.75) is 32.6 Å². The van der Waals surface area contributed by atoms with Gasteiger partial charge in [-0.3, -0.25) is 9.79 Å². The predicted octanol–water partition coefficient (Wildman–Crippen LogP) is 2.35. The number of guanidine groups is 1. The average molecular weight is 371 g/mol. The number of nitrogens with one attached hydrogen (secondary N) is 2. The molecule has 0 spiro atoms. The van der Waals surface area contributed by atoms with Gasteiger partial charge in [-0.15, -0.1) is 0 Å². The summed E-state index contributed by atoms with van der Waals surface area (Å²) in [5, 5.41) is 3.42. The zero-order valence-electron chi connectivity index (χ0n) is 16.2. The third-order valence-corrected chi connectivity index (χ3v) is 4.86. The van der Waals surface area contributed by atoms with E-state index in [-0.39, 0.29) is 11.9 Å². The van der Waals surface area contributed by atoms with Crippen LogP contribution in [0, 0.1) is 5.92 Å². The fraction of sp³-hybridized carbons (Fsp3) is 0.550. The second-order valence-corrected chi connectivity index (χ2v) is 6.82. The van der Waals surface area contributed by atoms with Gasteiger partial charge in [0.25, 0.3) is 0 Å². The van der Waals surface area contributed by atoms with E-state index in [0.29, 0.717) is 13.2 Å². The average Bonchev–Trinajstić information content (AvgIpc) is 3.11. The van der Waals surface area contributed by atoms with Crippen molar-refractivity contribution >= 4 is 23.0 Å². The molecule has 1 aromatic heterocycles. The Morgan fingerprint density at radius 2 is 2.30 bits per heavy atom. The summed E-state index contributed by atoms with van der Waals surface area (Å²) in [4.78, 5) is 26.5. The van der Waals surface area contributed by atoms with Gasteiger partial charge in [-0.1, -0.05) is 12.1 Å². The molecular weight excluding hydrogens is 342 g/mol. The smallest absolute Gasteiger partial charge is 0.310 e. The number of imidazole rings is 1. The van der Waals surface area contributed by atoms with Gasteiger partial charge < -0.3 is 19.9 Å². The van der Waals surface area contributed by atoms with E-state index in [1.807, 2.05) is 31.2 Å². The molecule has 3 rings (SSSR count). The number of carbonyl (C=O) groups excluding carboxylic acids is 1. The number of aromatic nitrogens is 2. The van der Waals surface area contributed by atoms with Crippen LogP contribution in [0.15, 0.2) is 29.3 Å². The molecule has 1 fully saturated rings. The van der Waals surface area contributed by atoms with Gasteiger partial charge in [-0.25, -0.2) is 4.98 Å². The van der Waals surface area contributed by atoms with Crippen LogP contribution in [-0.4, -0.2) is 60.1 Å². The molecule has 1 unspecified atom stereocenters. The van der Waals surface area contributed by atoms with Crippen molar-refractivity contribution in [2.24, 2.45) is 10.9 Å². The Hall–Kier alpha value is -2.57. The molecule has 146 valence electrons. The maximum absolute atomic E-state index is 12.0. The van der Waals surface area contributed by atoms with Gasteiger partial charge >= 0.3 is 5.97 Å². The number of aryl methyl sites for hydroxylation is 1. The van der Waals surface area contributed by atoms with Crippen molar-refractivity contribution < 1.29 is 9.53 Å². The van der Waals surface area contributed by atoms with E-state index in [1.54, 1.807) is 7.05 Å². The normalized spacial score (nSPS) is 17.9. The van der Waals surface area contributed by atoms with E-state index in [9.17, 15) is 4.79 Å². The molecule has 7 heteroatoms. The van der Waals surface area contributed by atoms with Crippen LogP contribution in [0.4, 0.5) is 0 Å². The summed E-state index contributed by atoms with van der Waals surface area (Å²) in [5.74, 6) is 1.71. The number of piperidine rings is 1. The molecule has 1 aliphatic heterocycles. The topological polar surface area (TPSA) is 82.6 Å². The summed E-state index contributed by atoms with van der Waals surface area (Å²) in [5.41, 5.74) is 2.09. The van der Waals surface area contributed by atoms with Crippen LogP contribution in [0.5, 0.6) is 0 Å². The first-order valence-electron chi connectivity index (χ1n) is 9.77. The van der Waals surface area contributed by atoms with E-state index in [2.05, 4.69) is 25.2 Å². The van der Waals surface area contributed by atoms with E-state index >= 15 is 0 Å². The lowest BCUT2D eigenvalue weighted by Gasteiger charge is -2.33. The molecule has 0 saturated carbocycles. The van der Waals surface area contributed by atoms with Crippen molar-refractivity contribution in [3.63, 3.8) is 0 Å². The highest BCUT2D eigenvalue weighted by atomic mass is 16.5. The summed E-state index contributed by atoms with van der Waals surface area (Å²) in [6.45, 7) is 4.68. The summed E-state index contributed by atoms with van der Waals surface area (Å²) in [6, 6.07) is 8.08. The van der Waals surface area contributed by atoms with Crippen molar-refractivity contribution in [1.29, 1.82) is 0 Å². The van der Waals surface area contributed by atoms with Crippen LogP contribution in [0.3, 0.4) is 0 Å². The SMILES string of the molecule is CCOC(=O)C1CCCN(C(=NC)NCCCc2nc3ccccc3[nH]2)C1. The van der Waals surface area contributed by atoms with Gasteiger partial charge in [0, 0.05) is 33.1 Å². The lowest BCUT2D eigenvalue weighted by molar-refractivity contribution is -0.149. The molecule has 1 atom stereocenters. The number of fused-ring (bicyclic) bond motifs is 1. The maximum Gasteiger partial charge on any atom is 0.310 e. The Bertz CT molecular complexity index is 753. The predicted molar refractivity (Wildman–Crippen MR) is 107 cm³/mol. The zero-order chi connectivity index (χ0) is 19.1. The third kappa shape index (κ3) is 4.99. The Morgan fingerprint density at radius 3 is 3.07 bits per heavy atom. The lowest BCUT2D eigenvalue weighted by atomic mass is 9.98. The number of hydrogen-bond donors (Lipinski definition) is 2. The zero-order valence-corrected chi connectivity index (χ0v) is 16.2. The molecule has 2 aromatic rings. The molecule has 7 nitrogen and oxygen atoms in total. The number of aromatic amines is 1. The number of hydrogen-bond acceptors (Lipinski definition) is 4. The minimum atomic E-state index is -0.0949. The molecule has 0 bridgehead atoms. The number of H-pyrrole nitrogens is 1. The molecule has 0 amide bonds. The first-order valence-corrected chi connectivity index (χ1v) is 9.77. The molecule has 1 aliphatic rings. The summed E-state index contributed by atoms with van der Waals surface area (Å²) >= 11 is 0. The van der Waals surface area contributed by atoms with Gasteiger partial charge in [-0.05, 0) is 38.3 Å². The number of nitrogens with zero attached hydrogens (tertiary/aromatic N) is 3. The third-order valence-electron chi connectivity index (χ3n) is 4.86. The highest BCUT2D eigenvalue weighted by molar-refractivity contribution is 5.81. The van der Waals surface area contributed by atoms with Crippen molar-refractivity contribution in [2.75, 3.05) is 33.3 Å². The molecule has 1 saturated heterocycles. The van der Waals surface area contributed by atoms with E-state index in [0.717, 1.165) is 61.6 Å². The van der Waals surface area contributed by atoms with Gasteiger partial charge in [0.2, 0.25) is 0 Å². The number of carbonyl (C=O) groups is 1. The number of rotatable bonds is 6. The number of benzene rings is 1. The summed E-state index contributed by atoms with van der Waals surface area (Å²) < 4.78 is 5.18. The molecule has 2 heterocycles. The molecule has 27 heavy (non-hydrogen) atoms. The fourth-order valence-corrected chi connectivity index (χ4v) is 3.53. The van der Waals surface area contributed by atoms with Crippen molar-refractivity contribution in [1.82, 2.24) is 20.2 Å². The van der Waals surface area contributed by atoms with Crippen LogP contribution in [0.2, 0.25) is 0 Å². The van der Waals surface area contributed by atoms with Gasteiger partial charge in [0.05, 0.1) is 23.6 Å². The van der Waals surface area contributed by atoms with Crippen LogP contribution in [0.1, 0.15) is 32.0 Å². The summed E-state index contributed by atoms with van der Waals surface area (Å²) in [6.07, 6.45) is 3.69. The molecule has 0 radical (unpaired) electrons. The van der Waals surface area contributed by atoms with Crippen LogP contribution >= 0.6 is 0 Å². The monoisotopic (exact) mass is 371 g/mol. The molecule has 0 aliphatic carbocycles. The summed E-state index contributed by atoms with van der Waals surface area (Å²) in [7, 11) is 1.79. The van der Waals surface area contributed by atoms with Crippen molar-refractivity contribution in [3.8, 4) is 0 Å². The lowest BCUT2D eigenvalue weighted by Crippen LogP contribution is -2.48. The first kappa shape index (κ1) is 19.2. The highest BCUT2D eigenvalue weighted by Crippen LogP contribution is 2.18. The van der Waals surface area contributed by atoms with Gasteiger partial charge in [0.15, 0.2) is 5.96 Å². The van der Waals surface area contributed by atoms with E-state index in [1.165, 1.54) is 0 Å². The molecule has 1 aromatic carbocycles. The maximum atomic E-state index is 12.0. The fourth-order valence-electron chi connectivity index (χ4n) is 3.53. The number of aliphatic imine (C=N–C) groups is 1. The van der Waals surface area contributed by atoms with E-state index in [4.69, 9.17) is 4.74 Å². The minimum absolute atomic E-state index is 0.0622. The quantitative estimate of drug-likeness (QED) is 0.352. The van der Waals surface area contributed by atoms with Gasteiger partial charge in [0.1, 0.15) is 5.82 Å². The first-order chi connectivity index (χ1) is 13.2. The van der Waals surface area contributed by atoms with Crippen LogP contribution < -0.4 is 5.32 Å². The Labute approximate surface area is 160 Å². The van der Waals surface area contributed by atoms with Crippen molar-refractivity contribution in [3.05, 3.63) is 30.1 Å². The second-order valence-electron chi connectivity index (χ2n) is 6.82. The minimum Gasteiger partial charge on any atom is -0.466 e. The Balaban J connectivity index is 1.46. The Morgan fingerprint density at radius 1 is 1.44 bits per heavy atom. The highest BCUT2D eigenvalue weighted by Gasteiger charge is 2.28. The van der Waals surface area contributed by atoms with Gasteiger partial charge in [-0.2, -0.15) is 0 Å². The standard InChI is InChI=1S/C20H29N5O2/c1-3-27-19(26)15-8-7-13-25(14-15)20(21-2)22-12-6-11-18-23-16-9-4-5-10-17(16)24-18/h4-5,9-10,15H,3,6-8,11-14H2,1-2H3,(H,21,22)(H,23,24). The Kier molecular flexibility index (Phi) is 6.68. The number of para-hydroxylation sites is 2.